The highest BCUT2D eigenvalue weighted by Gasteiger charge is 2.59. The largest absolute Gasteiger partial charge is 0.392 e. The molecule has 0 aromatic heterocycles. The molecule has 0 radical (unpaired) electrons. The Labute approximate surface area is 169 Å². The average molecular weight is 465 g/mol. The second-order valence-corrected chi connectivity index (χ2v) is 8.80. The van der Waals surface area contributed by atoms with Gasteiger partial charge in [-0.25, -0.2) is 0 Å². The van der Waals surface area contributed by atoms with Gasteiger partial charge in [-0.3, -0.25) is 4.99 Å². The Bertz CT molecular complexity index is 485. The standard InChI is InChI=1S/C19H35N3O2.HI/c1-5-20-17(21-12-19(4)10-7-6-8-14(19)23)22-15-13-9-11-24-16(13)18(15,2)3;/h13-16,23H,5-12H2,1-4H3,(H2,20,21,22);1H. The van der Waals surface area contributed by atoms with E-state index in [2.05, 4.69) is 38.3 Å². The number of ether oxygens (including phenoxy) is 1. The van der Waals surface area contributed by atoms with Crippen molar-refractivity contribution in [2.24, 2.45) is 21.7 Å². The zero-order chi connectivity index (χ0) is 17.4. The van der Waals surface area contributed by atoms with E-state index >= 15 is 0 Å². The molecule has 3 fully saturated rings. The summed E-state index contributed by atoms with van der Waals surface area (Å²) in [6, 6.07) is 0.409. The van der Waals surface area contributed by atoms with Crippen molar-refractivity contribution < 1.29 is 9.84 Å². The minimum absolute atomic E-state index is 0. The lowest BCUT2D eigenvalue weighted by molar-refractivity contribution is -0.106. The van der Waals surface area contributed by atoms with Crippen LogP contribution in [0.15, 0.2) is 4.99 Å². The molecule has 5 nitrogen and oxygen atoms in total. The van der Waals surface area contributed by atoms with E-state index in [9.17, 15) is 5.11 Å². The summed E-state index contributed by atoms with van der Waals surface area (Å²) in [5, 5.41) is 17.4. The molecule has 2 aliphatic carbocycles. The smallest absolute Gasteiger partial charge is 0.191 e. The summed E-state index contributed by atoms with van der Waals surface area (Å²) in [6.45, 7) is 11.3. The Kier molecular flexibility index (Phi) is 7.04. The van der Waals surface area contributed by atoms with Crippen LogP contribution in [0.25, 0.3) is 0 Å². The molecule has 1 heterocycles. The molecule has 1 aliphatic heterocycles. The third kappa shape index (κ3) is 4.10. The number of aliphatic imine (C=N–C) groups is 1. The highest BCUT2D eigenvalue weighted by Crippen LogP contribution is 2.52. The third-order valence-corrected chi connectivity index (χ3v) is 6.62. The van der Waals surface area contributed by atoms with Crippen LogP contribution in [0, 0.1) is 16.7 Å². The van der Waals surface area contributed by atoms with Crippen molar-refractivity contribution in [3.8, 4) is 0 Å². The van der Waals surface area contributed by atoms with Crippen molar-refractivity contribution >= 4 is 29.9 Å². The SMILES string of the molecule is CCNC(=NCC1(C)CCCCC1O)NC1C2CCOC2C1(C)C.I. The molecule has 146 valence electrons. The first kappa shape index (κ1) is 21.2. The number of hydrogen-bond acceptors (Lipinski definition) is 3. The molecule has 0 aromatic rings. The molecule has 1 saturated heterocycles. The summed E-state index contributed by atoms with van der Waals surface area (Å²) in [7, 11) is 0. The molecule has 0 spiro atoms. The number of aliphatic hydroxyl groups is 1. The van der Waals surface area contributed by atoms with E-state index in [-0.39, 0.29) is 40.9 Å². The van der Waals surface area contributed by atoms with Gasteiger partial charge in [-0.2, -0.15) is 0 Å². The number of hydrogen-bond donors (Lipinski definition) is 3. The highest BCUT2D eigenvalue weighted by atomic mass is 127. The van der Waals surface area contributed by atoms with Crippen molar-refractivity contribution in [3.05, 3.63) is 0 Å². The zero-order valence-corrected chi connectivity index (χ0v) is 18.5. The predicted molar refractivity (Wildman–Crippen MR) is 113 cm³/mol. The molecule has 3 rings (SSSR count). The first-order valence-electron chi connectivity index (χ1n) is 9.73. The van der Waals surface area contributed by atoms with E-state index in [0.29, 0.717) is 24.6 Å². The van der Waals surface area contributed by atoms with E-state index < -0.39 is 0 Å². The van der Waals surface area contributed by atoms with Crippen molar-refractivity contribution in [3.63, 3.8) is 0 Å². The van der Waals surface area contributed by atoms with Gasteiger partial charge in [0.2, 0.25) is 0 Å². The van der Waals surface area contributed by atoms with E-state index in [0.717, 1.165) is 44.8 Å². The number of guanidine groups is 1. The summed E-state index contributed by atoms with van der Waals surface area (Å²) >= 11 is 0. The normalized spacial score (nSPS) is 39.8. The van der Waals surface area contributed by atoms with Crippen LogP contribution >= 0.6 is 24.0 Å². The van der Waals surface area contributed by atoms with Gasteiger partial charge >= 0.3 is 0 Å². The molecule has 0 amide bonds. The maximum atomic E-state index is 10.4. The molecule has 2 saturated carbocycles. The van der Waals surface area contributed by atoms with Crippen molar-refractivity contribution in [1.29, 1.82) is 0 Å². The lowest BCUT2D eigenvalue weighted by Gasteiger charge is -2.55. The first-order valence-corrected chi connectivity index (χ1v) is 9.73. The van der Waals surface area contributed by atoms with Crippen molar-refractivity contribution in [2.45, 2.75) is 78.0 Å². The molecular formula is C19H36IN3O2. The number of aliphatic hydroxyl groups excluding tert-OH is 1. The van der Waals surface area contributed by atoms with E-state index in [1.54, 1.807) is 0 Å². The second-order valence-electron chi connectivity index (χ2n) is 8.80. The lowest BCUT2D eigenvalue weighted by Crippen LogP contribution is -2.68. The number of nitrogens with one attached hydrogen (secondary N) is 2. The van der Waals surface area contributed by atoms with Gasteiger partial charge < -0.3 is 20.5 Å². The number of nitrogens with zero attached hydrogens (tertiary/aromatic N) is 1. The summed E-state index contributed by atoms with van der Waals surface area (Å²) in [5.74, 6) is 1.49. The quantitative estimate of drug-likeness (QED) is 0.340. The van der Waals surface area contributed by atoms with Gasteiger partial charge in [0.25, 0.3) is 0 Å². The van der Waals surface area contributed by atoms with E-state index in [1.807, 2.05) is 0 Å². The maximum Gasteiger partial charge on any atom is 0.191 e. The Morgan fingerprint density at radius 3 is 2.68 bits per heavy atom. The van der Waals surface area contributed by atoms with Gasteiger partial charge in [0.15, 0.2) is 5.96 Å². The van der Waals surface area contributed by atoms with E-state index in [4.69, 9.17) is 9.73 Å². The molecule has 0 aromatic carbocycles. The summed E-state index contributed by atoms with van der Waals surface area (Å²) in [4.78, 5) is 4.85. The van der Waals surface area contributed by atoms with Crippen LogP contribution in [0.2, 0.25) is 0 Å². The summed E-state index contributed by atoms with van der Waals surface area (Å²) in [5.41, 5.74) is 0.0559. The Hall–Kier alpha value is -0.0800. The Morgan fingerprint density at radius 2 is 2.00 bits per heavy atom. The van der Waals surface area contributed by atoms with Crippen LogP contribution in [-0.2, 0) is 4.74 Å². The minimum atomic E-state index is -0.231. The van der Waals surface area contributed by atoms with Gasteiger partial charge in [-0.15, -0.1) is 24.0 Å². The van der Waals surface area contributed by atoms with E-state index in [1.165, 1.54) is 6.42 Å². The van der Waals surface area contributed by atoms with Crippen molar-refractivity contribution in [2.75, 3.05) is 19.7 Å². The van der Waals surface area contributed by atoms with Gasteiger partial charge in [-0.05, 0) is 26.2 Å². The zero-order valence-electron chi connectivity index (χ0n) is 16.2. The van der Waals surface area contributed by atoms with Crippen LogP contribution < -0.4 is 10.6 Å². The van der Waals surface area contributed by atoms with Gasteiger partial charge in [0.1, 0.15) is 0 Å². The summed E-state index contributed by atoms with van der Waals surface area (Å²) < 4.78 is 5.89. The molecule has 6 heteroatoms. The van der Waals surface area contributed by atoms with Crippen LogP contribution in [-0.4, -0.2) is 49.0 Å². The van der Waals surface area contributed by atoms with Gasteiger partial charge in [-0.1, -0.05) is 33.6 Å². The lowest BCUT2D eigenvalue weighted by atomic mass is 9.57. The fourth-order valence-corrected chi connectivity index (χ4v) is 4.91. The van der Waals surface area contributed by atoms with Gasteiger partial charge in [0.05, 0.1) is 18.8 Å². The van der Waals surface area contributed by atoms with Crippen LogP contribution in [0.1, 0.15) is 59.8 Å². The molecule has 3 N–H and O–H groups in total. The second kappa shape index (κ2) is 8.30. The number of fused-ring (bicyclic) bond motifs is 1. The molecule has 25 heavy (non-hydrogen) atoms. The fraction of sp³-hybridized carbons (Fsp3) is 0.947. The van der Waals surface area contributed by atoms with Gasteiger partial charge in [0, 0.05) is 35.9 Å². The molecule has 0 bridgehead atoms. The maximum absolute atomic E-state index is 10.4. The molecule has 3 aliphatic rings. The van der Waals surface area contributed by atoms with Crippen LogP contribution in [0.4, 0.5) is 0 Å². The topological polar surface area (TPSA) is 65.9 Å². The molecule has 5 unspecified atom stereocenters. The Balaban J connectivity index is 0.00000225. The fourth-order valence-electron chi connectivity index (χ4n) is 4.91. The summed E-state index contributed by atoms with van der Waals surface area (Å²) in [6.07, 6.45) is 5.60. The first-order chi connectivity index (χ1) is 11.4. The van der Waals surface area contributed by atoms with Crippen molar-refractivity contribution in [1.82, 2.24) is 10.6 Å². The van der Waals surface area contributed by atoms with Crippen LogP contribution in [0.5, 0.6) is 0 Å². The minimum Gasteiger partial charge on any atom is -0.392 e. The number of halogens is 1. The number of rotatable bonds is 4. The predicted octanol–water partition coefficient (Wildman–Crippen LogP) is 2.91. The third-order valence-electron chi connectivity index (χ3n) is 6.62. The average Bonchev–Trinajstić information content (AvgIpc) is 3.00. The monoisotopic (exact) mass is 465 g/mol. The highest BCUT2D eigenvalue weighted by molar-refractivity contribution is 14.0. The Morgan fingerprint density at radius 1 is 1.24 bits per heavy atom. The molecular weight excluding hydrogens is 429 g/mol. The van der Waals surface area contributed by atoms with Crippen LogP contribution in [0.3, 0.4) is 0 Å². The molecule has 5 atom stereocenters.